The monoisotopic (exact) mass is 280 g/mol. The van der Waals surface area contributed by atoms with Crippen LogP contribution in [0.4, 0.5) is 0 Å². The van der Waals surface area contributed by atoms with Gasteiger partial charge in [-0.1, -0.05) is 0 Å². The fourth-order valence-corrected chi connectivity index (χ4v) is 2.63. The Balaban J connectivity index is 1.63. The van der Waals surface area contributed by atoms with E-state index in [4.69, 9.17) is 4.74 Å². The molecule has 1 aromatic rings. The quantitative estimate of drug-likeness (QED) is 0.770. The van der Waals surface area contributed by atoms with Crippen molar-refractivity contribution in [3.8, 4) is 0 Å². The van der Waals surface area contributed by atoms with E-state index < -0.39 is 0 Å². The van der Waals surface area contributed by atoms with E-state index in [1.807, 2.05) is 6.20 Å². The minimum absolute atomic E-state index is 0.435. The molecule has 5 heteroatoms. The maximum atomic E-state index is 5.35. The van der Waals surface area contributed by atoms with Crippen molar-refractivity contribution in [1.82, 2.24) is 20.0 Å². The van der Waals surface area contributed by atoms with Crippen molar-refractivity contribution in [3.63, 3.8) is 0 Å². The van der Waals surface area contributed by atoms with Crippen LogP contribution in [0.25, 0.3) is 0 Å². The summed E-state index contributed by atoms with van der Waals surface area (Å²) < 4.78 is 7.44. The maximum absolute atomic E-state index is 5.35. The van der Waals surface area contributed by atoms with Crippen LogP contribution in [0.1, 0.15) is 37.6 Å². The number of nitrogens with zero attached hydrogens (tertiary/aromatic N) is 3. The number of nitrogens with one attached hydrogen (secondary N) is 1. The zero-order valence-corrected chi connectivity index (χ0v) is 13.1. The summed E-state index contributed by atoms with van der Waals surface area (Å²) in [5.41, 5.74) is 2.59. The van der Waals surface area contributed by atoms with Gasteiger partial charge in [-0.3, -0.25) is 9.58 Å². The normalized spacial score (nSPS) is 17.0. The molecule has 1 aromatic heterocycles. The van der Waals surface area contributed by atoms with Crippen LogP contribution in [-0.2, 0) is 11.3 Å². The average Bonchev–Trinajstić information content (AvgIpc) is 2.81. The van der Waals surface area contributed by atoms with Gasteiger partial charge in [-0.25, -0.2) is 0 Å². The number of hydrogen-bond donors (Lipinski definition) is 1. The molecular formula is C15H28N4O. The summed E-state index contributed by atoms with van der Waals surface area (Å²) in [6.45, 7) is 13.6. The highest BCUT2D eigenvalue weighted by molar-refractivity contribution is 5.16. The summed E-state index contributed by atoms with van der Waals surface area (Å²) >= 11 is 0. The van der Waals surface area contributed by atoms with Crippen molar-refractivity contribution in [1.29, 1.82) is 0 Å². The van der Waals surface area contributed by atoms with Gasteiger partial charge in [-0.05, 0) is 40.3 Å². The van der Waals surface area contributed by atoms with Crippen LogP contribution in [0.5, 0.6) is 0 Å². The van der Waals surface area contributed by atoms with Crippen LogP contribution in [-0.4, -0.2) is 54.1 Å². The first-order valence-electron chi connectivity index (χ1n) is 7.72. The molecule has 0 radical (unpaired) electrons. The van der Waals surface area contributed by atoms with Crippen LogP contribution in [0.3, 0.4) is 0 Å². The second-order valence-electron chi connectivity index (χ2n) is 5.78. The zero-order valence-electron chi connectivity index (χ0n) is 13.1. The molecule has 0 saturated carbocycles. The Morgan fingerprint density at radius 2 is 2.10 bits per heavy atom. The smallest absolute Gasteiger partial charge is 0.0594 e. The van der Waals surface area contributed by atoms with Crippen molar-refractivity contribution < 1.29 is 4.74 Å². The third-order valence-electron chi connectivity index (χ3n) is 3.88. The number of morpholine rings is 1. The van der Waals surface area contributed by atoms with Crippen molar-refractivity contribution in [2.24, 2.45) is 0 Å². The first-order valence-corrected chi connectivity index (χ1v) is 7.72. The molecule has 1 N–H and O–H groups in total. The van der Waals surface area contributed by atoms with E-state index in [0.717, 1.165) is 39.4 Å². The van der Waals surface area contributed by atoms with Gasteiger partial charge < -0.3 is 10.1 Å². The highest BCUT2D eigenvalue weighted by Gasteiger charge is 2.10. The molecule has 1 fully saturated rings. The maximum Gasteiger partial charge on any atom is 0.0594 e. The molecule has 2 rings (SSSR count). The summed E-state index contributed by atoms with van der Waals surface area (Å²) in [6.07, 6.45) is 3.18. The number of rotatable bonds is 7. The van der Waals surface area contributed by atoms with E-state index in [2.05, 4.69) is 40.8 Å². The Morgan fingerprint density at radius 3 is 2.75 bits per heavy atom. The Morgan fingerprint density at radius 1 is 1.35 bits per heavy atom. The molecule has 20 heavy (non-hydrogen) atoms. The molecule has 0 spiro atoms. The number of hydrogen-bond acceptors (Lipinski definition) is 4. The van der Waals surface area contributed by atoms with E-state index in [1.165, 1.54) is 24.2 Å². The van der Waals surface area contributed by atoms with Crippen LogP contribution in [0.2, 0.25) is 0 Å². The molecule has 0 amide bonds. The summed E-state index contributed by atoms with van der Waals surface area (Å²) in [6, 6.07) is 0.435. The highest BCUT2D eigenvalue weighted by atomic mass is 16.5. The average molecular weight is 280 g/mol. The molecule has 1 aliphatic heterocycles. The lowest BCUT2D eigenvalue weighted by Crippen LogP contribution is -2.37. The van der Waals surface area contributed by atoms with Gasteiger partial charge in [0.1, 0.15) is 0 Å². The third kappa shape index (κ3) is 4.30. The lowest BCUT2D eigenvalue weighted by molar-refractivity contribution is 0.0374. The largest absolute Gasteiger partial charge is 0.379 e. The van der Waals surface area contributed by atoms with Gasteiger partial charge in [0.05, 0.1) is 19.4 Å². The Labute approximate surface area is 122 Å². The standard InChI is InChI=1S/C15H28N4O/c1-13(2)19-14(3)15(12-17-19)11-16-5-4-6-18-7-9-20-10-8-18/h12-13,16H,4-11H2,1-3H3. The minimum Gasteiger partial charge on any atom is -0.379 e. The minimum atomic E-state index is 0.435. The van der Waals surface area contributed by atoms with Crippen molar-refractivity contribution in [3.05, 3.63) is 17.5 Å². The van der Waals surface area contributed by atoms with Crippen molar-refractivity contribution >= 4 is 0 Å². The van der Waals surface area contributed by atoms with E-state index in [-0.39, 0.29) is 0 Å². The van der Waals surface area contributed by atoms with Gasteiger partial charge in [0.15, 0.2) is 0 Å². The fourth-order valence-electron chi connectivity index (χ4n) is 2.63. The van der Waals surface area contributed by atoms with Crippen LogP contribution >= 0.6 is 0 Å². The van der Waals surface area contributed by atoms with Crippen LogP contribution in [0.15, 0.2) is 6.20 Å². The SMILES string of the molecule is Cc1c(CNCCCN2CCOCC2)cnn1C(C)C. The second-order valence-corrected chi connectivity index (χ2v) is 5.78. The predicted molar refractivity (Wildman–Crippen MR) is 80.9 cm³/mol. The molecule has 5 nitrogen and oxygen atoms in total. The molecule has 0 unspecified atom stereocenters. The molecule has 1 saturated heterocycles. The van der Waals surface area contributed by atoms with Crippen molar-refractivity contribution in [2.45, 2.75) is 39.8 Å². The Hall–Kier alpha value is -0.910. The Bertz CT molecular complexity index is 397. The van der Waals surface area contributed by atoms with Gasteiger partial charge in [0.2, 0.25) is 0 Å². The second kappa shape index (κ2) is 7.76. The molecule has 0 aromatic carbocycles. The number of aromatic nitrogens is 2. The summed E-state index contributed by atoms with van der Waals surface area (Å²) in [5.74, 6) is 0. The molecule has 0 bridgehead atoms. The fraction of sp³-hybridized carbons (Fsp3) is 0.800. The first-order chi connectivity index (χ1) is 9.68. The van der Waals surface area contributed by atoms with Crippen molar-refractivity contribution in [2.75, 3.05) is 39.4 Å². The van der Waals surface area contributed by atoms with Gasteiger partial charge in [-0.15, -0.1) is 0 Å². The van der Waals surface area contributed by atoms with Gasteiger partial charge in [0, 0.05) is 36.9 Å². The lowest BCUT2D eigenvalue weighted by atomic mass is 10.2. The molecule has 2 heterocycles. The summed E-state index contributed by atoms with van der Waals surface area (Å²) in [7, 11) is 0. The Kier molecular flexibility index (Phi) is 6.01. The van der Waals surface area contributed by atoms with E-state index in [1.54, 1.807) is 0 Å². The number of ether oxygens (including phenoxy) is 1. The van der Waals surface area contributed by atoms with E-state index >= 15 is 0 Å². The van der Waals surface area contributed by atoms with E-state index in [0.29, 0.717) is 6.04 Å². The first kappa shape index (κ1) is 15.5. The molecule has 1 aliphatic rings. The van der Waals surface area contributed by atoms with E-state index in [9.17, 15) is 0 Å². The topological polar surface area (TPSA) is 42.3 Å². The van der Waals surface area contributed by atoms with Crippen LogP contribution < -0.4 is 5.32 Å². The predicted octanol–water partition coefficient (Wildman–Crippen LogP) is 1.58. The van der Waals surface area contributed by atoms with Gasteiger partial charge in [0.25, 0.3) is 0 Å². The summed E-state index contributed by atoms with van der Waals surface area (Å²) in [4.78, 5) is 2.48. The zero-order chi connectivity index (χ0) is 14.4. The summed E-state index contributed by atoms with van der Waals surface area (Å²) in [5, 5.41) is 7.97. The molecule has 114 valence electrons. The highest BCUT2D eigenvalue weighted by Crippen LogP contribution is 2.12. The molecular weight excluding hydrogens is 252 g/mol. The molecule has 0 atom stereocenters. The van der Waals surface area contributed by atoms with Gasteiger partial charge in [-0.2, -0.15) is 5.10 Å². The van der Waals surface area contributed by atoms with Gasteiger partial charge >= 0.3 is 0 Å². The lowest BCUT2D eigenvalue weighted by Gasteiger charge is -2.26. The third-order valence-corrected chi connectivity index (χ3v) is 3.88. The van der Waals surface area contributed by atoms with Crippen LogP contribution in [0, 0.1) is 6.92 Å². The molecule has 0 aliphatic carbocycles.